The van der Waals surface area contributed by atoms with Crippen LogP contribution >= 0.6 is 0 Å². The molecular formula is C17H20N2O2. The van der Waals surface area contributed by atoms with Crippen LogP contribution in [0.4, 0.5) is 5.69 Å². The second-order valence-electron chi connectivity index (χ2n) is 4.90. The van der Waals surface area contributed by atoms with Gasteiger partial charge in [-0.3, -0.25) is 4.79 Å². The Bertz CT molecular complexity index is 638. The van der Waals surface area contributed by atoms with E-state index < -0.39 is 0 Å². The molecule has 0 unspecified atom stereocenters. The van der Waals surface area contributed by atoms with E-state index in [0.29, 0.717) is 24.4 Å². The highest BCUT2D eigenvalue weighted by Crippen LogP contribution is 2.25. The lowest BCUT2D eigenvalue weighted by Gasteiger charge is -2.12. The summed E-state index contributed by atoms with van der Waals surface area (Å²) < 4.78 is 5.29. The molecule has 0 radical (unpaired) electrons. The van der Waals surface area contributed by atoms with Crippen molar-refractivity contribution in [1.82, 2.24) is 0 Å². The molecule has 0 saturated carbocycles. The third-order valence-electron chi connectivity index (χ3n) is 3.32. The number of ether oxygens (including phenoxy) is 1. The maximum absolute atomic E-state index is 12.2. The minimum atomic E-state index is -0.0851. The molecule has 0 bridgehead atoms. The van der Waals surface area contributed by atoms with Crippen molar-refractivity contribution in [3.05, 3.63) is 59.2 Å². The van der Waals surface area contributed by atoms with Gasteiger partial charge >= 0.3 is 0 Å². The zero-order valence-electron chi connectivity index (χ0n) is 12.3. The molecule has 2 aromatic rings. The molecule has 0 heterocycles. The summed E-state index contributed by atoms with van der Waals surface area (Å²) in [4.78, 5) is 12.2. The molecule has 0 aliphatic heterocycles. The highest BCUT2D eigenvalue weighted by atomic mass is 16.5. The van der Waals surface area contributed by atoms with Crippen molar-refractivity contribution in [3.8, 4) is 5.75 Å². The lowest BCUT2D eigenvalue weighted by atomic mass is 10.0. The number of methoxy groups -OCH3 is 1. The van der Waals surface area contributed by atoms with Crippen LogP contribution in [0.3, 0.4) is 0 Å². The molecule has 0 aromatic heterocycles. The van der Waals surface area contributed by atoms with Gasteiger partial charge in [0.2, 0.25) is 5.91 Å². The van der Waals surface area contributed by atoms with Crippen LogP contribution in [0.15, 0.2) is 42.5 Å². The number of hydrogen-bond donors (Lipinski definition) is 2. The van der Waals surface area contributed by atoms with Crippen molar-refractivity contribution in [1.29, 1.82) is 0 Å². The van der Waals surface area contributed by atoms with E-state index in [-0.39, 0.29) is 5.91 Å². The van der Waals surface area contributed by atoms with Gasteiger partial charge in [0, 0.05) is 6.54 Å². The molecule has 0 saturated heterocycles. The van der Waals surface area contributed by atoms with E-state index in [2.05, 4.69) is 5.32 Å². The molecule has 2 aromatic carbocycles. The van der Waals surface area contributed by atoms with Crippen LogP contribution in [0.1, 0.15) is 16.7 Å². The molecule has 0 spiro atoms. The van der Waals surface area contributed by atoms with Gasteiger partial charge in [0.25, 0.3) is 0 Å². The number of hydrogen-bond acceptors (Lipinski definition) is 3. The Morgan fingerprint density at radius 2 is 1.90 bits per heavy atom. The van der Waals surface area contributed by atoms with Crippen LogP contribution in [-0.4, -0.2) is 13.0 Å². The predicted molar refractivity (Wildman–Crippen MR) is 84.4 cm³/mol. The van der Waals surface area contributed by atoms with Gasteiger partial charge in [-0.15, -0.1) is 0 Å². The summed E-state index contributed by atoms with van der Waals surface area (Å²) in [7, 11) is 1.59. The van der Waals surface area contributed by atoms with Gasteiger partial charge in [-0.05, 0) is 35.7 Å². The van der Waals surface area contributed by atoms with E-state index in [4.69, 9.17) is 10.5 Å². The lowest BCUT2D eigenvalue weighted by molar-refractivity contribution is -0.115. The SMILES string of the molecule is COc1cc(C)ccc1NC(=O)Cc1ccccc1CN. The minimum Gasteiger partial charge on any atom is -0.495 e. The summed E-state index contributed by atoms with van der Waals surface area (Å²) >= 11 is 0. The number of aryl methyl sites for hydroxylation is 1. The maximum Gasteiger partial charge on any atom is 0.228 e. The van der Waals surface area contributed by atoms with Crippen LogP contribution in [-0.2, 0) is 17.8 Å². The Labute approximate surface area is 124 Å². The molecule has 3 N–H and O–H groups in total. The normalized spacial score (nSPS) is 10.2. The number of nitrogens with two attached hydrogens (primary N) is 1. The van der Waals surface area contributed by atoms with Crippen molar-refractivity contribution < 1.29 is 9.53 Å². The van der Waals surface area contributed by atoms with E-state index >= 15 is 0 Å². The zero-order chi connectivity index (χ0) is 15.2. The van der Waals surface area contributed by atoms with Crippen LogP contribution in [0.2, 0.25) is 0 Å². The van der Waals surface area contributed by atoms with E-state index in [1.54, 1.807) is 7.11 Å². The summed E-state index contributed by atoms with van der Waals surface area (Å²) in [6, 6.07) is 13.4. The summed E-state index contributed by atoms with van der Waals surface area (Å²) in [5, 5.41) is 2.88. The first kappa shape index (κ1) is 15.1. The average Bonchev–Trinajstić information content (AvgIpc) is 2.49. The molecule has 0 atom stereocenters. The summed E-state index contributed by atoms with van der Waals surface area (Å²) in [6.45, 7) is 2.41. The number of rotatable bonds is 5. The molecule has 21 heavy (non-hydrogen) atoms. The van der Waals surface area contributed by atoms with Gasteiger partial charge in [0.05, 0.1) is 19.2 Å². The molecular weight excluding hydrogens is 264 g/mol. The van der Waals surface area contributed by atoms with Crippen molar-refractivity contribution in [2.45, 2.75) is 19.9 Å². The fourth-order valence-electron chi connectivity index (χ4n) is 2.20. The van der Waals surface area contributed by atoms with Gasteiger partial charge in [0.1, 0.15) is 5.75 Å². The first-order valence-corrected chi connectivity index (χ1v) is 6.85. The van der Waals surface area contributed by atoms with Gasteiger partial charge in [0.15, 0.2) is 0 Å². The number of carbonyl (C=O) groups is 1. The number of anilines is 1. The molecule has 0 aliphatic carbocycles. The van der Waals surface area contributed by atoms with Crippen molar-refractivity contribution >= 4 is 11.6 Å². The summed E-state index contributed by atoms with van der Waals surface area (Å²) in [5.74, 6) is 0.577. The Kier molecular flexibility index (Phi) is 4.95. The van der Waals surface area contributed by atoms with Gasteiger partial charge < -0.3 is 15.8 Å². The molecule has 1 amide bonds. The van der Waals surface area contributed by atoms with Crippen LogP contribution in [0, 0.1) is 6.92 Å². The van der Waals surface area contributed by atoms with Crippen molar-refractivity contribution in [2.75, 3.05) is 12.4 Å². The van der Waals surface area contributed by atoms with Gasteiger partial charge in [-0.1, -0.05) is 30.3 Å². The molecule has 0 aliphatic rings. The van der Waals surface area contributed by atoms with Gasteiger partial charge in [-0.2, -0.15) is 0 Å². The first-order chi connectivity index (χ1) is 10.1. The zero-order valence-corrected chi connectivity index (χ0v) is 12.3. The highest BCUT2D eigenvalue weighted by Gasteiger charge is 2.10. The Balaban J connectivity index is 2.12. The van der Waals surface area contributed by atoms with E-state index in [1.165, 1.54) is 0 Å². The van der Waals surface area contributed by atoms with Gasteiger partial charge in [-0.25, -0.2) is 0 Å². The second-order valence-corrected chi connectivity index (χ2v) is 4.90. The van der Waals surface area contributed by atoms with Crippen LogP contribution in [0.5, 0.6) is 5.75 Å². The fourth-order valence-corrected chi connectivity index (χ4v) is 2.20. The number of nitrogens with one attached hydrogen (secondary N) is 1. The number of amides is 1. The monoisotopic (exact) mass is 284 g/mol. The highest BCUT2D eigenvalue weighted by molar-refractivity contribution is 5.93. The largest absolute Gasteiger partial charge is 0.495 e. The number of benzene rings is 2. The summed E-state index contributed by atoms with van der Waals surface area (Å²) in [5.41, 5.74) is 9.39. The smallest absolute Gasteiger partial charge is 0.228 e. The molecule has 0 fully saturated rings. The molecule has 2 rings (SSSR count). The molecule has 110 valence electrons. The average molecular weight is 284 g/mol. The quantitative estimate of drug-likeness (QED) is 0.887. The Morgan fingerprint density at radius 1 is 1.19 bits per heavy atom. The van der Waals surface area contributed by atoms with Crippen molar-refractivity contribution in [2.24, 2.45) is 5.73 Å². The van der Waals surface area contributed by atoms with E-state index in [0.717, 1.165) is 16.7 Å². The van der Waals surface area contributed by atoms with E-state index in [9.17, 15) is 4.79 Å². The minimum absolute atomic E-state index is 0.0851. The molecule has 4 nitrogen and oxygen atoms in total. The Morgan fingerprint density at radius 3 is 2.57 bits per heavy atom. The van der Waals surface area contributed by atoms with E-state index in [1.807, 2.05) is 49.4 Å². The first-order valence-electron chi connectivity index (χ1n) is 6.85. The third kappa shape index (κ3) is 3.83. The number of carbonyl (C=O) groups excluding carboxylic acids is 1. The topological polar surface area (TPSA) is 64.3 Å². The Hall–Kier alpha value is -2.33. The lowest BCUT2D eigenvalue weighted by Crippen LogP contribution is -2.16. The van der Waals surface area contributed by atoms with Crippen molar-refractivity contribution in [3.63, 3.8) is 0 Å². The third-order valence-corrected chi connectivity index (χ3v) is 3.32. The molecule has 4 heteroatoms. The van der Waals surface area contributed by atoms with Crippen LogP contribution in [0.25, 0.3) is 0 Å². The summed E-state index contributed by atoms with van der Waals surface area (Å²) in [6.07, 6.45) is 0.296. The van der Waals surface area contributed by atoms with Crippen LogP contribution < -0.4 is 15.8 Å². The second kappa shape index (κ2) is 6.90. The standard InChI is InChI=1S/C17H20N2O2/c1-12-7-8-15(16(9-12)21-2)19-17(20)10-13-5-3-4-6-14(13)11-18/h3-9H,10-11,18H2,1-2H3,(H,19,20). The fraction of sp³-hybridized carbons (Fsp3) is 0.235. The predicted octanol–water partition coefficient (Wildman–Crippen LogP) is 2.64. The maximum atomic E-state index is 12.2.